The van der Waals surface area contributed by atoms with Gasteiger partial charge in [-0.1, -0.05) is 13.3 Å². The Kier molecular flexibility index (Phi) is 226. The molecule has 0 fully saturated rings. The molecule has 0 atom stereocenters. The molecular weight excluding hydrogens is 134 g/mol. The summed E-state index contributed by atoms with van der Waals surface area (Å²) in [6.07, 6.45) is 2.28. The number of hydrogen-bond acceptors (Lipinski definition) is 0. The van der Waals surface area contributed by atoms with Gasteiger partial charge in [0.1, 0.15) is 0 Å². The molecule has 50 valence electrons. The quantitative estimate of drug-likeness (QED) is 0.407. The zero-order valence-corrected chi connectivity index (χ0v) is 7.76. The number of nitrogens with two attached hydrogens (primary N) is 1. The Morgan fingerprint density at radius 1 is 1.25 bits per heavy atom. The summed E-state index contributed by atoms with van der Waals surface area (Å²) in [4.78, 5) is 0. The number of unbranched alkanes of at least 4 members (excludes halogenated alkanes) is 1. The summed E-state index contributed by atoms with van der Waals surface area (Å²) >= 11 is 0. The molecule has 0 rings (SSSR count). The van der Waals surface area contributed by atoms with Crippen molar-refractivity contribution in [3.05, 3.63) is 27.9 Å². The van der Waals surface area contributed by atoms with Gasteiger partial charge in [-0.05, 0) is 0 Å². The first-order valence-electron chi connectivity index (χ1n) is 1.71. The minimum atomic E-state index is 0. The van der Waals surface area contributed by atoms with E-state index in [1.54, 1.807) is 0 Å². The summed E-state index contributed by atoms with van der Waals surface area (Å²) in [5.74, 6) is 0. The van der Waals surface area contributed by atoms with Crippen molar-refractivity contribution < 1.29 is 21.7 Å². The minimum Gasteiger partial charge on any atom is -0.693 e. The molecule has 0 spiro atoms. The van der Waals surface area contributed by atoms with Crippen LogP contribution in [0, 0.1) is 21.8 Å². The summed E-state index contributed by atoms with van der Waals surface area (Å²) in [5.41, 5.74) is 0. The molecule has 0 unspecified atom stereocenters. The molecule has 0 saturated carbocycles. The predicted molar refractivity (Wildman–Crippen MR) is 38.4 cm³/mol. The topological polar surface area (TPSA) is 33.5 Å². The van der Waals surface area contributed by atoms with Crippen molar-refractivity contribution in [2.75, 3.05) is 0 Å². The molecule has 0 aromatic heterocycles. The minimum absolute atomic E-state index is 0. The maximum absolute atomic E-state index is 3.60. The molecule has 2 heteroatoms. The molecule has 2 N–H and O–H groups in total. The van der Waals surface area contributed by atoms with Gasteiger partial charge in [0.25, 0.3) is 0 Å². The van der Waals surface area contributed by atoms with Crippen LogP contribution in [0.1, 0.15) is 19.8 Å². The van der Waals surface area contributed by atoms with Crippen molar-refractivity contribution in [1.82, 2.24) is 0 Å². The van der Waals surface area contributed by atoms with Gasteiger partial charge in [0.15, 0.2) is 0 Å². The second-order valence-electron chi connectivity index (χ2n) is 0.854. The van der Waals surface area contributed by atoms with Crippen LogP contribution in [-0.4, -0.2) is 0 Å². The van der Waals surface area contributed by atoms with Crippen LogP contribution in [0.3, 0.4) is 0 Å². The largest absolute Gasteiger partial charge is 4.00 e. The van der Waals surface area contributed by atoms with Crippen molar-refractivity contribution in [3.8, 4) is 0 Å². The molecule has 0 radical (unpaired) electrons. The van der Waals surface area contributed by atoms with E-state index in [-0.39, 0.29) is 42.7 Å². The first kappa shape index (κ1) is 37.8. The van der Waals surface area contributed by atoms with Gasteiger partial charge in [0.2, 0.25) is 0 Å². The van der Waals surface area contributed by atoms with E-state index in [1.165, 1.54) is 6.42 Å². The van der Waals surface area contributed by atoms with Crippen molar-refractivity contribution in [3.63, 3.8) is 0 Å². The maximum atomic E-state index is 3.60. The standard InChI is InChI=1S/C4H9.2CH3.H2N.Ti/c1-3-4-2;;;;/h1,3-4H2,2H3;2*1H3;1H2;/q4*-1;+4. The van der Waals surface area contributed by atoms with Crippen LogP contribution >= 0.6 is 0 Å². The molecule has 0 aromatic rings. The van der Waals surface area contributed by atoms with Crippen LogP contribution in [0.4, 0.5) is 0 Å². The second-order valence-corrected chi connectivity index (χ2v) is 0.854. The van der Waals surface area contributed by atoms with Gasteiger partial charge in [0.05, 0.1) is 0 Å². The molecule has 1 nitrogen and oxygen atoms in total. The Balaban J connectivity index is -0.00000000750. The Hall–Kier alpha value is 0.674. The third kappa shape index (κ3) is 76.7. The van der Waals surface area contributed by atoms with Crippen molar-refractivity contribution in [2.24, 2.45) is 0 Å². The SMILES string of the molecule is [CH2-]CCC.[CH3-].[CH3-].[NH2-].[Ti+4]. The fourth-order valence-electron chi connectivity index (χ4n) is 0. The third-order valence-electron chi connectivity index (χ3n) is 0.354. The molecular formula is C6H17NTi. The molecule has 0 bridgehead atoms. The molecule has 0 aliphatic carbocycles. The van der Waals surface area contributed by atoms with Crippen molar-refractivity contribution in [2.45, 2.75) is 19.8 Å². The maximum Gasteiger partial charge on any atom is 4.00 e. The van der Waals surface area contributed by atoms with Crippen LogP contribution in [0.5, 0.6) is 0 Å². The van der Waals surface area contributed by atoms with E-state index in [0.717, 1.165) is 6.42 Å². The van der Waals surface area contributed by atoms with Crippen molar-refractivity contribution >= 4 is 0 Å². The molecule has 0 amide bonds. The fraction of sp³-hybridized carbons (Fsp3) is 0.500. The van der Waals surface area contributed by atoms with E-state index in [2.05, 4.69) is 13.8 Å². The van der Waals surface area contributed by atoms with Gasteiger partial charge >= 0.3 is 21.7 Å². The molecule has 0 aliphatic rings. The van der Waals surface area contributed by atoms with Gasteiger partial charge in [-0.3, -0.25) is 0 Å². The van der Waals surface area contributed by atoms with Gasteiger partial charge in [0, 0.05) is 0 Å². The third-order valence-corrected chi connectivity index (χ3v) is 0.354. The van der Waals surface area contributed by atoms with E-state index in [4.69, 9.17) is 0 Å². The van der Waals surface area contributed by atoms with Crippen LogP contribution in [0.15, 0.2) is 0 Å². The van der Waals surface area contributed by atoms with Crippen molar-refractivity contribution in [1.29, 1.82) is 0 Å². The molecule has 0 heterocycles. The molecule has 0 saturated heterocycles. The van der Waals surface area contributed by atoms with Gasteiger partial charge in [-0.15, -0.1) is 0 Å². The first-order chi connectivity index (χ1) is 1.91. The summed E-state index contributed by atoms with van der Waals surface area (Å²) < 4.78 is 0. The monoisotopic (exact) mass is 151 g/mol. The average Bonchev–Trinajstić information content (AvgIpc) is 1.37. The summed E-state index contributed by atoms with van der Waals surface area (Å²) in [7, 11) is 0. The Labute approximate surface area is 69.7 Å². The normalized spacial score (nSPS) is 3.75. The average molecular weight is 151 g/mol. The number of hydrogen-bond donors (Lipinski definition) is 0. The summed E-state index contributed by atoms with van der Waals surface area (Å²) in [5, 5.41) is 0. The van der Waals surface area contributed by atoms with E-state index in [0.29, 0.717) is 0 Å². The Bertz CT molecular complexity index is 10.5. The molecule has 0 aliphatic heterocycles. The number of rotatable bonds is 1. The van der Waals surface area contributed by atoms with Crippen LogP contribution in [0.25, 0.3) is 6.15 Å². The van der Waals surface area contributed by atoms with E-state index < -0.39 is 0 Å². The Morgan fingerprint density at radius 2 is 1.38 bits per heavy atom. The van der Waals surface area contributed by atoms with E-state index >= 15 is 0 Å². The van der Waals surface area contributed by atoms with Crippen LogP contribution in [-0.2, 0) is 21.7 Å². The van der Waals surface area contributed by atoms with E-state index in [9.17, 15) is 0 Å². The zero-order valence-electron chi connectivity index (χ0n) is 6.20. The smallest absolute Gasteiger partial charge is 0.693 e. The molecule has 0 aromatic carbocycles. The second kappa shape index (κ2) is 47.8. The van der Waals surface area contributed by atoms with Crippen LogP contribution in [0.2, 0.25) is 0 Å². The van der Waals surface area contributed by atoms with Gasteiger partial charge in [-0.25, -0.2) is 0 Å². The Morgan fingerprint density at radius 3 is 1.38 bits per heavy atom. The van der Waals surface area contributed by atoms with E-state index in [1.807, 2.05) is 0 Å². The summed E-state index contributed by atoms with van der Waals surface area (Å²) in [6.45, 7) is 5.72. The first-order valence-corrected chi connectivity index (χ1v) is 1.71. The van der Waals surface area contributed by atoms with Crippen LogP contribution < -0.4 is 0 Å². The van der Waals surface area contributed by atoms with Gasteiger partial charge < -0.3 is 27.9 Å². The predicted octanol–water partition coefficient (Wildman–Crippen LogP) is 3.24. The zero-order chi connectivity index (χ0) is 3.41. The van der Waals surface area contributed by atoms with Gasteiger partial charge in [-0.2, -0.15) is 6.42 Å². The fourth-order valence-corrected chi connectivity index (χ4v) is 0. The summed E-state index contributed by atoms with van der Waals surface area (Å²) in [6, 6.07) is 0. The molecule has 8 heavy (non-hydrogen) atoms.